The number of rotatable bonds is 2. The van der Waals surface area contributed by atoms with E-state index in [1.807, 2.05) is 6.07 Å². The predicted octanol–water partition coefficient (Wildman–Crippen LogP) is 3.22. The van der Waals surface area contributed by atoms with Crippen LogP contribution in [0.25, 0.3) is 0 Å². The normalized spacial score (nSPS) is 19.5. The molecule has 1 atom stereocenters. The van der Waals surface area contributed by atoms with Crippen LogP contribution in [0.4, 0.5) is 13.2 Å². The largest absolute Gasteiger partial charge is 0.387 e. The molecule has 0 spiro atoms. The van der Waals surface area contributed by atoms with Gasteiger partial charge in [-0.05, 0) is 18.9 Å². The van der Waals surface area contributed by atoms with Crippen molar-refractivity contribution in [2.24, 2.45) is 5.41 Å². The molecule has 5 heteroatoms. The van der Waals surface area contributed by atoms with Gasteiger partial charge in [-0.25, -0.2) is 13.2 Å². The van der Waals surface area contributed by atoms with Crippen molar-refractivity contribution in [1.82, 2.24) is 0 Å². The molecule has 1 N–H and O–H groups in total. The van der Waals surface area contributed by atoms with Crippen LogP contribution >= 0.6 is 0 Å². The summed E-state index contributed by atoms with van der Waals surface area (Å²) in [6.07, 6.45) is 0.956. The van der Waals surface area contributed by atoms with Crippen LogP contribution in [-0.4, -0.2) is 5.11 Å². The van der Waals surface area contributed by atoms with Crippen LogP contribution in [0.3, 0.4) is 0 Å². The van der Waals surface area contributed by atoms with Crippen LogP contribution in [-0.2, 0) is 0 Å². The van der Waals surface area contributed by atoms with E-state index in [4.69, 9.17) is 5.26 Å². The van der Waals surface area contributed by atoms with E-state index >= 15 is 0 Å². The number of halogens is 3. The van der Waals surface area contributed by atoms with Gasteiger partial charge in [-0.1, -0.05) is 12.8 Å². The van der Waals surface area contributed by atoms with Gasteiger partial charge in [-0.3, -0.25) is 0 Å². The maximum atomic E-state index is 13.6. The summed E-state index contributed by atoms with van der Waals surface area (Å²) in [6, 6.07) is 3.03. The fourth-order valence-electron chi connectivity index (χ4n) is 2.50. The molecule has 2 nitrogen and oxygen atoms in total. The lowest BCUT2D eigenvalue weighted by Crippen LogP contribution is -2.25. The molecule has 0 bridgehead atoms. The third kappa shape index (κ3) is 1.97. The second-order valence-electron chi connectivity index (χ2n) is 4.67. The Morgan fingerprint density at radius 3 is 2.22 bits per heavy atom. The van der Waals surface area contributed by atoms with Crippen LogP contribution in [0, 0.1) is 34.2 Å². The summed E-state index contributed by atoms with van der Waals surface area (Å²) in [6.45, 7) is 0. The molecule has 0 aromatic heterocycles. The minimum absolute atomic E-state index is 0.350. The van der Waals surface area contributed by atoms with Crippen molar-refractivity contribution >= 4 is 0 Å². The number of nitrogens with zero attached hydrogens (tertiary/aromatic N) is 1. The lowest BCUT2D eigenvalue weighted by Gasteiger charge is -2.27. The number of nitriles is 1. The lowest BCUT2D eigenvalue weighted by atomic mass is 9.78. The first-order valence-corrected chi connectivity index (χ1v) is 5.74. The van der Waals surface area contributed by atoms with Crippen molar-refractivity contribution in [3.8, 4) is 6.07 Å². The molecule has 0 heterocycles. The van der Waals surface area contributed by atoms with E-state index in [1.54, 1.807) is 0 Å². The van der Waals surface area contributed by atoms with E-state index in [1.165, 1.54) is 0 Å². The Morgan fingerprint density at radius 2 is 1.67 bits per heavy atom. The average Bonchev–Trinajstić information content (AvgIpc) is 2.83. The van der Waals surface area contributed by atoms with E-state index < -0.39 is 29.0 Å². The molecule has 0 amide bonds. The van der Waals surface area contributed by atoms with Gasteiger partial charge in [0.1, 0.15) is 11.9 Å². The molecule has 0 radical (unpaired) electrons. The second-order valence-corrected chi connectivity index (χ2v) is 4.67. The molecule has 1 aliphatic rings. The SMILES string of the molecule is N#CC1(C(O)c2cc(F)c(F)cc2F)CCCC1. The van der Waals surface area contributed by atoms with Crippen molar-refractivity contribution < 1.29 is 18.3 Å². The van der Waals surface area contributed by atoms with Gasteiger partial charge in [0.2, 0.25) is 0 Å². The van der Waals surface area contributed by atoms with Crippen LogP contribution in [0.1, 0.15) is 37.4 Å². The van der Waals surface area contributed by atoms with Gasteiger partial charge in [0.05, 0.1) is 11.5 Å². The maximum absolute atomic E-state index is 13.6. The number of aliphatic hydroxyl groups excluding tert-OH is 1. The summed E-state index contributed by atoms with van der Waals surface area (Å²) in [4.78, 5) is 0. The first-order valence-electron chi connectivity index (χ1n) is 5.74. The zero-order valence-electron chi connectivity index (χ0n) is 9.59. The molecular weight excluding hydrogens is 243 g/mol. The minimum atomic E-state index is -1.43. The summed E-state index contributed by atoms with van der Waals surface area (Å²) >= 11 is 0. The smallest absolute Gasteiger partial charge is 0.161 e. The van der Waals surface area contributed by atoms with Crippen LogP contribution in [0.2, 0.25) is 0 Å². The Kier molecular flexibility index (Phi) is 3.31. The van der Waals surface area contributed by atoms with E-state index in [-0.39, 0.29) is 5.56 Å². The van der Waals surface area contributed by atoms with Gasteiger partial charge in [0.15, 0.2) is 11.6 Å². The Morgan fingerprint density at radius 1 is 1.11 bits per heavy atom. The molecule has 1 aromatic carbocycles. The molecule has 1 unspecified atom stereocenters. The topological polar surface area (TPSA) is 44.0 Å². The van der Waals surface area contributed by atoms with Gasteiger partial charge in [-0.2, -0.15) is 5.26 Å². The molecule has 1 saturated carbocycles. The van der Waals surface area contributed by atoms with Crippen molar-refractivity contribution in [2.75, 3.05) is 0 Å². The van der Waals surface area contributed by atoms with Gasteiger partial charge in [0.25, 0.3) is 0 Å². The molecular formula is C13H12F3NO. The maximum Gasteiger partial charge on any atom is 0.161 e. The summed E-state index contributed by atoms with van der Waals surface area (Å²) in [5.74, 6) is -3.56. The molecule has 1 fully saturated rings. The number of hydrogen-bond donors (Lipinski definition) is 1. The predicted molar refractivity (Wildman–Crippen MR) is 57.8 cm³/mol. The molecule has 0 aliphatic heterocycles. The Hall–Kier alpha value is -1.54. The molecule has 0 saturated heterocycles. The highest BCUT2D eigenvalue weighted by atomic mass is 19.2. The fourth-order valence-corrected chi connectivity index (χ4v) is 2.50. The van der Waals surface area contributed by atoms with Gasteiger partial charge in [-0.15, -0.1) is 0 Å². The van der Waals surface area contributed by atoms with Crippen LogP contribution in [0.15, 0.2) is 12.1 Å². The number of aliphatic hydroxyl groups is 1. The molecule has 96 valence electrons. The highest BCUT2D eigenvalue weighted by Crippen LogP contribution is 2.47. The van der Waals surface area contributed by atoms with Gasteiger partial charge in [0, 0.05) is 11.6 Å². The molecule has 1 aliphatic carbocycles. The molecule has 18 heavy (non-hydrogen) atoms. The van der Waals surface area contributed by atoms with Crippen LogP contribution < -0.4 is 0 Å². The quantitative estimate of drug-likeness (QED) is 0.824. The van der Waals surface area contributed by atoms with E-state index in [0.29, 0.717) is 25.0 Å². The van der Waals surface area contributed by atoms with Crippen molar-refractivity contribution in [3.63, 3.8) is 0 Å². The van der Waals surface area contributed by atoms with Gasteiger partial charge < -0.3 is 5.11 Å². The van der Waals surface area contributed by atoms with Crippen molar-refractivity contribution in [3.05, 3.63) is 35.1 Å². The van der Waals surface area contributed by atoms with Crippen molar-refractivity contribution in [1.29, 1.82) is 5.26 Å². The standard InChI is InChI=1S/C13H12F3NO/c14-9-6-11(16)10(15)5-8(9)12(18)13(7-17)3-1-2-4-13/h5-6,12,18H,1-4H2. The average molecular weight is 255 g/mol. The van der Waals surface area contributed by atoms with Crippen molar-refractivity contribution in [2.45, 2.75) is 31.8 Å². The summed E-state index contributed by atoms with van der Waals surface area (Å²) in [5.41, 5.74) is -1.44. The zero-order chi connectivity index (χ0) is 13.3. The molecule has 2 rings (SSSR count). The lowest BCUT2D eigenvalue weighted by molar-refractivity contribution is 0.0634. The number of hydrogen-bond acceptors (Lipinski definition) is 2. The highest BCUT2D eigenvalue weighted by molar-refractivity contribution is 5.27. The Bertz CT molecular complexity index is 504. The Balaban J connectivity index is 2.43. The first kappa shape index (κ1) is 12.9. The molecule has 1 aromatic rings. The second kappa shape index (κ2) is 4.62. The van der Waals surface area contributed by atoms with E-state index in [9.17, 15) is 18.3 Å². The third-order valence-corrected chi connectivity index (χ3v) is 3.58. The summed E-state index contributed by atoms with van der Waals surface area (Å²) < 4.78 is 39.5. The number of benzene rings is 1. The monoisotopic (exact) mass is 255 g/mol. The first-order chi connectivity index (χ1) is 8.50. The van der Waals surface area contributed by atoms with Gasteiger partial charge >= 0.3 is 0 Å². The highest BCUT2D eigenvalue weighted by Gasteiger charge is 2.43. The minimum Gasteiger partial charge on any atom is -0.387 e. The zero-order valence-corrected chi connectivity index (χ0v) is 9.59. The Labute approximate surface area is 103 Å². The summed E-state index contributed by atoms with van der Waals surface area (Å²) in [5, 5.41) is 19.3. The van der Waals surface area contributed by atoms with E-state index in [0.717, 1.165) is 12.8 Å². The van der Waals surface area contributed by atoms with E-state index in [2.05, 4.69) is 0 Å². The van der Waals surface area contributed by atoms with Crippen LogP contribution in [0.5, 0.6) is 0 Å². The summed E-state index contributed by atoms with van der Waals surface area (Å²) in [7, 11) is 0. The third-order valence-electron chi connectivity index (χ3n) is 3.58. The fraction of sp³-hybridized carbons (Fsp3) is 0.462.